The zero-order chi connectivity index (χ0) is 16.9. The van der Waals surface area contributed by atoms with Gasteiger partial charge < -0.3 is 24.6 Å². The number of aromatic nitrogens is 2. The van der Waals surface area contributed by atoms with Gasteiger partial charge in [-0.3, -0.25) is 14.5 Å². The number of amides is 1. The van der Waals surface area contributed by atoms with Gasteiger partial charge >= 0.3 is 0 Å². The largest absolute Gasteiger partial charge is 0.376 e. The highest BCUT2D eigenvalue weighted by atomic mass is 16.6. The Balaban J connectivity index is 1.54. The number of nitrogens with zero attached hydrogens (tertiary/aromatic N) is 5. The van der Waals surface area contributed by atoms with Gasteiger partial charge in [-0.25, -0.2) is 0 Å². The average molecular weight is 336 g/mol. The number of guanidine groups is 1. The van der Waals surface area contributed by atoms with Gasteiger partial charge in [0.2, 0.25) is 5.91 Å². The summed E-state index contributed by atoms with van der Waals surface area (Å²) in [5, 5.41) is 7.40. The van der Waals surface area contributed by atoms with Gasteiger partial charge in [0.05, 0.1) is 37.8 Å². The summed E-state index contributed by atoms with van der Waals surface area (Å²) in [6.07, 6.45) is 3.57. The van der Waals surface area contributed by atoms with Crippen molar-refractivity contribution in [2.75, 3.05) is 57.9 Å². The molecule has 3 rings (SSSR count). The number of aliphatic imine (C=N–C) groups is 1. The maximum Gasteiger partial charge on any atom is 0.246 e. The van der Waals surface area contributed by atoms with E-state index in [1.54, 1.807) is 22.8 Å². The summed E-state index contributed by atoms with van der Waals surface area (Å²) in [7, 11) is 3.56. The Labute approximate surface area is 141 Å². The Hall–Kier alpha value is -2.13. The standard InChI is InChI=1S/C15H24N6O3/c1-16-15(17-8-13-11-23-5-6-24-13)20-3-4-21(14(22)10-20)12-7-18-19(2)9-12/h7,9,13H,3-6,8,10-11H2,1-2H3,(H,16,17). The summed E-state index contributed by atoms with van der Waals surface area (Å²) in [6.45, 7) is 4.07. The number of piperazine rings is 1. The average Bonchev–Trinajstić information content (AvgIpc) is 3.02. The van der Waals surface area contributed by atoms with Crippen LogP contribution in [0.15, 0.2) is 17.4 Å². The van der Waals surface area contributed by atoms with Crippen LogP contribution < -0.4 is 10.2 Å². The molecule has 1 amide bonds. The minimum Gasteiger partial charge on any atom is -0.376 e. The lowest BCUT2D eigenvalue weighted by molar-refractivity contribution is -0.120. The normalized spacial score (nSPS) is 22.8. The minimum absolute atomic E-state index is 0.0166. The van der Waals surface area contributed by atoms with Gasteiger partial charge in [0, 0.05) is 39.9 Å². The number of anilines is 1. The van der Waals surface area contributed by atoms with Crippen molar-refractivity contribution < 1.29 is 14.3 Å². The van der Waals surface area contributed by atoms with Crippen LogP contribution in [0.1, 0.15) is 0 Å². The van der Waals surface area contributed by atoms with E-state index in [4.69, 9.17) is 9.47 Å². The zero-order valence-corrected chi connectivity index (χ0v) is 14.1. The fourth-order valence-corrected chi connectivity index (χ4v) is 2.87. The monoisotopic (exact) mass is 336 g/mol. The summed E-state index contributed by atoms with van der Waals surface area (Å²) in [6, 6.07) is 0. The molecule has 9 heteroatoms. The van der Waals surface area contributed by atoms with E-state index in [1.807, 2.05) is 18.1 Å². The molecule has 9 nitrogen and oxygen atoms in total. The van der Waals surface area contributed by atoms with Gasteiger partial charge in [-0.05, 0) is 0 Å². The molecule has 1 aromatic heterocycles. The van der Waals surface area contributed by atoms with E-state index >= 15 is 0 Å². The van der Waals surface area contributed by atoms with Crippen LogP contribution in [0.25, 0.3) is 0 Å². The van der Waals surface area contributed by atoms with Crippen LogP contribution in [0.4, 0.5) is 5.69 Å². The Morgan fingerprint density at radius 3 is 2.96 bits per heavy atom. The van der Waals surface area contributed by atoms with Gasteiger partial charge in [-0.1, -0.05) is 0 Å². The molecule has 1 unspecified atom stereocenters. The SMILES string of the molecule is CN=C(NCC1COCCO1)N1CCN(c2cnn(C)c2)C(=O)C1. The van der Waals surface area contributed by atoms with Crippen molar-refractivity contribution in [2.45, 2.75) is 6.10 Å². The molecule has 0 spiro atoms. The minimum atomic E-state index is 0.0166. The quantitative estimate of drug-likeness (QED) is 0.567. The van der Waals surface area contributed by atoms with Crippen LogP contribution in [0.3, 0.4) is 0 Å². The van der Waals surface area contributed by atoms with Crippen molar-refractivity contribution in [3.8, 4) is 0 Å². The molecule has 1 aromatic rings. The lowest BCUT2D eigenvalue weighted by Gasteiger charge is -2.36. The van der Waals surface area contributed by atoms with E-state index in [9.17, 15) is 4.79 Å². The number of carbonyl (C=O) groups is 1. The molecule has 0 bridgehead atoms. The number of aryl methyl sites for hydroxylation is 1. The maximum absolute atomic E-state index is 12.5. The number of hydrogen-bond donors (Lipinski definition) is 1. The predicted molar refractivity (Wildman–Crippen MR) is 89.1 cm³/mol. The topological polar surface area (TPSA) is 84.2 Å². The van der Waals surface area contributed by atoms with Crippen LogP contribution in [0.2, 0.25) is 0 Å². The zero-order valence-electron chi connectivity index (χ0n) is 14.1. The molecule has 132 valence electrons. The molecule has 1 N–H and O–H groups in total. The summed E-state index contributed by atoms with van der Waals surface area (Å²) < 4.78 is 12.7. The first kappa shape index (κ1) is 16.7. The second kappa shape index (κ2) is 7.63. The number of rotatable bonds is 3. The fraction of sp³-hybridized carbons (Fsp3) is 0.667. The first-order chi connectivity index (χ1) is 11.7. The van der Waals surface area contributed by atoms with Gasteiger partial charge in [0.15, 0.2) is 5.96 Å². The Kier molecular flexibility index (Phi) is 5.31. The fourth-order valence-electron chi connectivity index (χ4n) is 2.87. The number of ether oxygens (including phenoxy) is 2. The van der Waals surface area contributed by atoms with Crippen molar-refractivity contribution in [1.29, 1.82) is 0 Å². The van der Waals surface area contributed by atoms with Crippen LogP contribution in [-0.4, -0.2) is 85.7 Å². The highest BCUT2D eigenvalue weighted by Crippen LogP contribution is 2.16. The first-order valence-electron chi connectivity index (χ1n) is 8.11. The Morgan fingerprint density at radius 2 is 2.33 bits per heavy atom. The first-order valence-corrected chi connectivity index (χ1v) is 8.11. The molecule has 3 heterocycles. The molecule has 0 radical (unpaired) electrons. The smallest absolute Gasteiger partial charge is 0.246 e. The van der Waals surface area contributed by atoms with E-state index in [0.717, 1.165) is 5.69 Å². The van der Waals surface area contributed by atoms with Gasteiger partial charge in [0.1, 0.15) is 6.54 Å². The summed E-state index contributed by atoms with van der Waals surface area (Å²) in [5.74, 6) is 0.748. The lowest BCUT2D eigenvalue weighted by atomic mass is 10.3. The van der Waals surface area contributed by atoms with E-state index in [2.05, 4.69) is 15.4 Å². The van der Waals surface area contributed by atoms with E-state index < -0.39 is 0 Å². The second-order valence-electron chi connectivity index (χ2n) is 5.83. The molecule has 2 saturated heterocycles. The second-order valence-corrected chi connectivity index (χ2v) is 5.83. The molecular formula is C15H24N6O3. The van der Waals surface area contributed by atoms with Crippen molar-refractivity contribution >= 4 is 17.6 Å². The highest BCUT2D eigenvalue weighted by Gasteiger charge is 2.28. The predicted octanol–water partition coefficient (Wildman–Crippen LogP) is -0.940. The molecule has 2 aliphatic heterocycles. The molecule has 0 aliphatic carbocycles. The van der Waals surface area contributed by atoms with Crippen LogP contribution in [-0.2, 0) is 21.3 Å². The van der Waals surface area contributed by atoms with Crippen molar-refractivity contribution in [1.82, 2.24) is 20.0 Å². The third-order valence-electron chi connectivity index (χ3n) is 4.11. The maximum atomic E-state index is 12.5. The van der Waals surface area contributed by atoms with Crippen LogP contribution >= 0.6 is 0 Å². The highest BCUT2D eigenvalue weighted by molar-refractivity contribution is 5.98. The van der Waals surface area contributed by atoms with Gasteiger partial charge in [0.25, 0.3) is 0 Å². The lowest BCUT2D eigenvalue weighted by Crippen LogP contribution is -2.56. The molecule has 0 aromatic carbocycles. The molecule has 2 fully saturated rings. The number of nitrogens with one attached hydrogen (secondary N) is 1. The molecule has 2 aliphatic rings. The van der Waals surface area contributed by atoms with Crippen molar-refractivity contribution in [3.63, 3.8) is 0 Å². The molecule has 24 heavy (non-hydrogen) atoms. The number of hydrogen-bond acceptors (Lipinski definition) is 5. The molecular weight excluding hydrogens is 312 g/mol. The van der Waals surface area contributed by atoms with Crippen molar-refractivity contribution in [2.24, 2.45) is 12.0 Å². The summed E-state index contributed by atoms with van der Waals surface area (Å²) in [4.78, 5) is 20.5. The van der Waals surface area contributed by atoms with Crippen LogP contribution in [0.5, 0.6) is 0 Å². The molecule has 1 atom stereocenters. The summed E-state index contributed by atoms with van der Waals surface area (Å²) in [5.41, 5.74) is 0.831. The third kappa shape index (κ3) is 3.85. The Morgan fingerprint density at radius 1 is 1.46 bits per heavy atom. The summed E-state index contributed by atoms with van der Waals surface area (Å²) >= 11 is 0. The van der Waals surface area contributed by atoms with Gasteiger partial charge in [-0.2, -0.15) is 5.10 Å². The third-order valence-corrected chi connectivity index (χ3v) is 4.11. The van der Waals surface area contributed by atoms with Gasteiger partial charge in [-0.15, -0.1) is 0 Å². The van der Waals surface area contributed by atoms with E-state index in [-0.39, 0.29) is 18.6 Å². The molecule has 0 saturated carbocycles. The Bertz CT molecular complexity index is 596. The van der Waals surface area contributed by atoms with E-state index in [0.29, 0.717) is 45.4 Å². The van der Waals surface area contributed by atoms with Crippen molar-refractivity contribution in [3.05, 3.63) is 12.4 Å². The van der Waals surface area contributed by atoms with E-state index in [1.165, 1.54) is 0 Å². The number of carbonyl (C=O) groups excluding carboxylic acids is 1. The van der Waals surface area contributed by atoms with Crippen LogP contribution in [0, 0.1) is 0 Å².